The molecule has 0 aromatic carbocycles. The molecule has 2 fully saturated rings. The van der Waals surface area contributed by atoms with Crippen LogP contribution in [0.5, 0.6) is 0 Å². The highest BCUT2D eigenvalue weighted by Gasteiger charge is 2.23. The molecule has 1 amide bonds. The fraction of sp³-hybridized carbons (Fsp3) is 0.917. The van der Waals surface area contributed by atoms with Gasteiger partial charge in [0.2, 0.25) is 5.91 Å². The number of carbonyl (C=O) groups is 1. The van der Waals surface area contributed by atoms with Crippen LogP contribution < -0.4 is 9.44 Å². The zero-order valence-corrected chi connectivity index (χ0v) is 12.0. The van der Waals surface area contributed by atoms with Crippen molar-refractivity contribution in [3.63, 3.8) is 0 Å². The zero-order valence-electron chi connectivity index (χ0n) is 11.2. The Morgan fingerprint density at radius 3 is 2.32 bits per heavy atom. The predicted molar refractivity (Wildman–Crippen MR) is 72.7 cm³/mol. The van der Waals surface area contributed by atoms with Crippen LogP contribution in [0.15, 0.2) is 0 Å². The molecule has 0 aromatic rings. The number of amides is 1. The van der Waals surface area contributed by atoms with Crippen molar-refractivity contribution in [2.45, 2.75) is 51.0 Å². The van der Waals surface area contributed by atoms with Crippen LogP contribution in [-0.4, -0.2) is 44.9 Å². The molecule has 1 heterocycles. The second kappa shape index (κ2) is 6.67. The first-order valence-electron chi connectivity index (χ1n) is 7.11. The minimum Gasteiger partial charge on any atom is -0.342 e. The van der Waals surface area contributed by atoms with E-state index in [0.29, 0.717) is 0 Å². The molecule has 0 radical (unpaired) electrons. The third-order valence-corrected chi connectivity index (χ3v) is 4.97. The number of piperidine rings is 1. The van der Waals surface area contributed by atoms with Crippen molar-refractivity contribution >= 4 is 16.1 Å². The van der Waals surface area contributed by atoms with Gasteiger partial charge in [-0.15, -0.1) is 0 Å². The molecule has 1 saturated carbocycles. The summed E-state index contributed by atoms with van der Waals surface area (Å²) in [6, 6.07) is 0.0302. The fourth-order valence-electron chi connectivity index (χ4n) is 2.72. The van der Waals surface area contributed by atoms with Crippen LogP contribution in [0.25, 0.3) is 0 Å². The van der Waals surface area contributed by atoms with Gasteiger partial charge in [0.25, 0.3) is 10.2 Å². The van der Waals surface area contributed by atoms with E-state index < -0.39 is 10.2 Å². The summed E-state index contributed by atoms with van der Waals surface area (Å²) in [5, 5.41) is 0. The van der Waals surface area contributed by atoms with Crippen molar-refractivity contribution in [2.24, 2.45) is 0 Å². The van der Waals surface area contributed by atoms with Crippen LogP contribution in [0.1, 0.15) is 44.9 Å². The molecule has 7 heteroatoms. The Balaban J connectivity index is 1.74. The molecular formula is C12H23N3O3S. The maximum Gasteiger partial charge on any atom is 0.277 e. The van der Waals surface area contributed by atoms with E-state index in [1.165, 1.54) is 0 Å². The predicted octanol–water partition coefficient (Wildman–Crippen LogP) is 0.366. The summed E-state index contributed by atoms with van der Waals surface area (Å²) in [4.78, 5) is 13.6. The largest absolute Gasteiger partial charge is 0.342 e. The van der Waals surface area contributed by atoms with E-state index in [1.54, 1.807) is 4.90 Å². The summed E-state index contributed by atoms with van der Waals surface area (Å²) in [6.45, 7) is 1.36. The summed E-state index contributed by atoms with van der Waals surface area (Å²) in [7, 11) is -3.55. The summed E-state index contributed by atoms with van der Waals surface area (Å²) in [6.07, 6.45) is 7.10. The van der Waals surface area contributed by atoms with E-state index in [-0.39, 0.29) is 18.5 Å². The molecule has 0 bridgehead atoms. The van der Waals surface area contributed by atoms with E-state index >= 15 is 0 Å². The average molecular weight is 289 g/mol. The molecule has 2 rings (SSSR count). The van der Waals surface area contributed by atoms with Crippen LogP contribution in [0.3, 0.4) is 0 Å². The minimum atomic E-state index is -3.55. The Labute approximate surface area is 115 Å². The lowest BCUT2D eigenvalue weighted by Gasteiger charge is -2.26. The molecule has 0 unspecified atom stereocenters. The lowest BCUT2D eigenvalue weighted by atomic mass is 10.1. The van der Waals surface area contributed by atoms with Crippen molar-refractivity contribution in [2.75, 3.05) is 19.6 Å². The number of likely N-dealkylation sites (tertiary alicyclic amines) is 1. The first-order chi connectivity index (χ1) is 9.07. The van der Waals surface area contributed by atoms with Gasteiger partial charge in [-0.05, 0) is 32.1 Å². The monoisotopic (exact) mass is 289 g/mol. The van der Waals surface area contributed by atoms with Gasteiger partial charge in [-0.2, -0.15) is 17.9 Å². The third kappa shape index (κ3) is 4.74. The van der Waals surface area contributed by atoms with E-state index in [0.717, 1.165) is 58.0 Å². The molecule has 1 saturated heterocycles. The number of rotatable bonds is 5. The normalized spacial score (nSPS) is 21.8. The minimum absolute atomic E-state index is 0.0302. The van der Waals surface area contributed by atoms with Crippen LogP contribution in [-0.2, 0) is 15.0 Å². The smallest absolute Gasteiger partial charge is 0.277 e. The van der Waals surface area contributed by atoms with Crippen molar-refractivity contribution < 1.29 is 13.2 Å². The topological polar surface area (TPSA) is 78.5 Å². The number of carbonyl (C=O) groups excluding carboxylic acids is 1. The SMILES string of the molecule is O=C(CNS(=O)(=O)NC1CCCC1)N1CCCCC1. The van der Waals surface area contributed by atoms with Crippen molar-refractivity contribution in [3.05, 3.63) is 0 Å². The second-order valence-electron chi connectivity index (χ2n) is 5.37. The van der Waals surface area contributed by atoms with Gasteiger partial charge in [0.15, 0.2) is 0 Å². The zero-order chi connectivity index (χ0) is 13.7. The van der Waals surface area contributed by atoms with Gasteiger partial charge in [-0.3, -0.25) is 4.79 Å². The number of nitrogens with zero attached hydrogens (tertiary/aromatic N) is 1. The molecule has 19 heavy (non-hydrogen) atoms. The first kappa shape index (κ1) is 14.7. The molecule has 0 spiro atoms. The highest BCUT2D eigenvalue weighted by atomic mass is 32.2. The fourth-order valence-corrected chi connectivity index (χ4v) is 3.79. The number of hydrogen-bond donors (Lipinski definition) is 2. The summed E-state index contributed by atoms with van der Waals surface area (Å²) in [5.74, 6) is -0.128. The quantitative estimate of drug-likeness (QED) is 0.767. The Hall–Kier alpha value is -0.660. The molecule has 0 aromatic heterocycles. The molecule has 1 aliphatic carbocycles. The summed E-state index contributed by atoms with van der Waals surface area (Å²) in [5.41, 5.74) is 0. The van der Waals surface area contributed by atoms with Crippen molar-refractivity contribution in [1.82, 2.24) is 14.3 Å². The van der Waals surface area contributed by atoms with E-state index in [2.05, 4.69) is 9.44 Å². The van der Waals surface area contributed by atoms with Gasteiger partial charge < -0.3 is 4.90 Å². The third-order valence-electron chi connectivity index (χ3n) is 3.80. The standard InChI is InChI=1S/C12H23N3O3S/c16-12(15-8-4-1-5-9-15)10-13-19(17,18)14-11-6-2-3-7-11/h11,13-14H,1-10H2. The number of nitrogens with one attached hydrogen (secondary N) is 2. The van der Waals surface area contributed by atoms with Gasteiger partial charge in [0, 0.05) is 19.1 Å². The average Bonchev–Trinajstić information content (AvgIpc) is 2.89. The Morgan fingerprint density at radius 2 is 1.68 bits per heavy atom. The Bertz CT molecular complexity index is 398. The lowest BCUT2D eigenvalue weighted by molar-refractivity contribution is -0.130. The van der Waals surface area contributed by atoms with Crippen LogP contribution in [0.4, 0.5) is 0 Å². The van der Waals surface area contributed by atoms with Gasteiger partial charge in [0.05, 0.1) is 6.54 Å². The van der Waals surface area contributed by atoms with E-state index in [4.69, 9.17) is 0 Å². The van der Waals surface area contributed by atoms with Crippen LogP contribution in [0.2, 0.25) is 0 Å². The molecule has 0 atom stereocenters. The lowest BCUT2D eigenvalue weighted by Crippen LogP contribution is -2.47. The summed E-state index contributed by atoms with van der Waals surface area (Å²) < 4.78 is 28.5. The van der Waals surface area contributed by atoms with E-state index in [9.17, 15) is 13.2 Å². The maximum absolute atomic E-state index is 11.9. The van der Waals surface area contributed by atoms with Gasteiger partial charge in [0.1, 0.15) is 0 Å². The van der Waals surface area contributed by atoms with Gasteiger partial charge in [-0.25, -0.2) is 0 Å². The highest BCUT2D eigenvalue weighted by Crippen LogP contribution is 2.18. The van der Waals surface area contributed by atoms with Crippen molar-refractivity contribution in [1.29, 1.82) is 0 Å². The summed E-state index contributed by atoms with van der Waals surface area (Å²) >= 11 is 0. The van der Waals surface area contributed by atoms with E-state index in [1.807, 2.05) is 0 Å². The highest BCUT2D eigenvalue weighted by molar-refractivity contribution is 7.87. The maximum atomic E-state index is 11.9. The van der Waals surface area contributed by atoms with Crippen LogP contribution in [0, 0.1) is 0 Å². The van der Waals surface area contributed by atoms with Crippen molar-refractivity contribution in [3.8, 4) is 0 Å². The molecule has 6 nitrogen and oxygen atoms in total. The molecular weight excluding hydrogens is 266 g/mol. The molecule has 1 aliphatic heterocycles. The first-order valence-corrected chi connectivity index (χ1v) is 8.60. The Kier molecular flexibility index (Phi) is 5.18. The number of hydrogen-bond acceptors (Lipinski definition) is 3. The van der Waals surface area contributed by atoms with Crippen LogP contribution >= 0.6 is 0 Å². The van der Waals surface area contributed by atoms with Gasteiger partial charge in [-0.1, -0.05) is 12.8 Å². The van der Waals surface area contributed by atoms with Gasteiger partial charge >= 0.3 is 0 Å². The molecule has 2 aliphatic rings. The Morgan fingerprint density at radius 1 is 1.05 bits per heavy atom. The molecule has 110 valence electrons. The second-order valence-corrected chi connectivity index (χ2v) is 6.90. The molecule has 2 N–H and O–H groups in total.